The van der Waals surface area contributed by atoms with Crippen LogP contribution in [0.1, 0.15) is 32.6 Å². The molecule has 4 heteroatoms. The first-order valence-electron chi connectivity index (χ1n) is 6.49. The second-order valence-corrected chi connectivity index (χ2v) is 5.33. The molecule has 0 saturated heterocycles. The van der Waals surface area contributed by atoms with E-state index >= 15 is 0 Å². The van der Waals surface area contributed by atoms with Gasteiger partial charge < -0.3 is 15.0 Å². The Balaban J connectivity index is 2.36. The number of carbonyl (C=O) groups is 1. The summed E-state index contributed by atoms with van der Waals surface area (Å²) in [5.74, 6) is 0.169. The molecule has 17 heavy (non-hydrogen) atoms. The lowest BCUT2D eigenvalue weighted by atomic mass is 10.1. The van der Waals surface area contributed by atoms with Gasteiger partial charge in [-0.3, -0.25) is 4.79 Å². The van der Waals surface area contributed by atoms with Crippen LogP contribution in [0.3, 0.4) is 0 Å². The summed E-state index contributed by atoms with van der Waals surface area (Å²) in [7, 11) is 5.79. The van der Waals surface area contributed by atoms with E-state index in [1.54, 1.807) is 7.11 Å². The number of ether oxygens (including phenoxy) is 1. The Kier molecular flexibility index (Phi) is 5.40. The van der Waals surface area contributed by atoms with Crippen molar-refractivity contribution in [3.8, 4) is 0 Å². The number of likely N-dealkylation sites (N-methyl/N-ethyl adjacent to an activating group) is 1. The number of amides is 1. The van der Waals surface area contributed by atoms with Crippen LogP contribution in [0.2, 0.25) is 0 Å². The van der Waals surface area contributed by atoms with Crippen molar-refractivity contribution in [1.82, 2.24) is 10.2 Å². The van der Waals surface area contributed by atoms with E-state index in [4.69, 9.17) is 4.74 Å². The fourth-order valence-corrected chi connectivity index (χ4v) is 2.14. The van der Waals surface area contributed by atoms with Gasteiger partial charge in [0.1, 0.15) is 0 Å². The zero-order valence-corrected chi connectivity index (χ0v) is 11.6. The van der Waals surface area contributed by atoms with Gasteiger partial charge in [0, 0.05) is 19.7 Å². The molecule has 0 aliphatic heterocycles. The first kappa shape index (κ1) is 14.5. The third-order valence-corrected chi connectivity index (χ3v) is 3.61. The summed E-state index contributed by atoms with van der Waals surface area (Å²) in [5, 5.41) is 3.08. The molecule has 1 saturated carbocycles. The second kappa shape index (κ2) is 6.36. The van der Waals surface area contributed by atoms with Crippen LogP contribution >= 0.6 is 0 Å². The fraction of sp³-hybridized carbons (Fsp3) is 0.923. The van der Waals surface area contributed by atoms with E-state index in [0.717, 1.165) is 32.2 Å². The number of nitrogens with zero attached hydrogens (tertiary/aromatic N) is 1. The van der Waals surface area contributed by atoms with Gasteiger partial charge in [0.15, 0.2) is 0 Å². The van der Waals surface area contributed by atoms with Crippen molar-refractivity contribution in [2.24, 2.45) is 5.41 Å². The summed E-state index contributed by atoms with van der Waals surface area (Å²) in [4.78, 5) is 14.2. The monoisotopic (exact) mass is 242 g/mol. The number of methoxy groups -OCH3 is 1. The summed E-state index contributed by atoms with van der Waals surface area (Å²) < 4.78 is 5.12. The molecule has 100 valence electrons. The molecule has 1 atom stereocenters. The minimum absolute atomic E-state index is 0.169. The lowest BCUT2D eigenvalue weighted by molar-refractivity contribution is -0.128. The van der Waals surface area contributed by atoms with E-state index in [1.165, 1.54) is 0 Å². The molecule has 4 nitrogen and oxygen atoms in total. The molecule has 1 aliphatic rings. The van der Waals surface area contributed by atoms with Gasteiger partial charge >= 0.3 is 0 Å². The molecule has 0 aromatic carbocycles. The van der Waals surface area contributed by atoms with Crippen molar-refractivity contribution in [2.45, 2.75) is 38.6 Å². The second-order valence-electron chi connectivity index (χ2n) is 5.33. The van der Waals surface area contributed by atoms with E-state index in [-0.39, 0.29) is 11.3 Å². The molecule has 0 aromatic rings. The first-order valence-corrected chi connectivity index (χ1v) is 6.49. The Morgan fingerprint density at radius 2 is 2.12 bits per heavy atom. The highest BCUT2D eigenvalue weighted by Crippen LogP contribution is 2.45. The molecule has 0 spiro atoms. The minimum atomic E-state index is -0.210. The van der Waals surface area contributed by atoms with Crippen LogP contribution in [0, 0.1) is 5.41 Å². The fourth-order valence-electron chi connectivity index (χ4n) is 2.14. The number of rotatable bonds is 8. The van der Waals surface area contributed by atoms with Crippen LogP contribution < -0.4 is 5.32 Å². The molecule has 0 bridgehead atoms. The van der Waals surface area contributed by atoms with Crippen LogP contribution in [0.15, 0.2) is 0 Å². The summed E-state index contributed by atoms with van der Waals surface area (Å²) in [6.45, 7) is 3.47. The lowest BCUT2D eigenvalue weighted by Gasteiger charge is -2.25. The van der Waals surface area contributed by atoms with E-state index in [9.17, 15) is 4.79 Å². The van der Waals surface area contributed by atoms with Crippen molar-refractivity contribution in [3.63, 3.8) is 0 Å². The van der Waals surface area contributed by atoms with Crippen LogP contribution in [0.5, 0.6) is 0 Å². The molecular weight excluding hydrogens is 216 g/mol. The Morgan fingerprint density at radius 3 is 2.53 bits per heavy atom. The Bertz CT molecular complexity index is 250. The molecule has 0 radical (unpaired) electrons. The quantitative estimate of drug-likeness (QED) is 0.697. The third kappa shape index (κ3) is 3.96. The number of carbonyl (C=O) groups excluding carboxylic acids is 1. The van der Waals surface area contributed by atoms with Crippen LogP contribution in [0.25, 0.3) is 0 Å². The van der Waals surface area contributed by atoms with Crippen molar-refractivity contribution in [1.29, 1.82) is 0 Å². The topological polar surface area (TPSA) is 41.6 Å². The lowest BCUT2D eigenvalue weighted by Crippen LogP contribution is -2.43. The maximum atomic E-state index is 12.0. The standard InChI is InChI=1S/C13H26N2O2/c1-5-6-11(15(2)3)9-14-12(16)13(7-8-13)10-17-4/h11H,5-10H2,1-4H3,(H,14,16). The number of hydrogen-bond donors (Lipinski definition) is 1. The van der Waals surface area contributed by atoms with Gasteiger partial charge in [-0.1, -0.05) is 13.3 Å². The summed E-state index contributed by atoms with van der Waals surface area (Å²) in [6, 6.07) is 0.433. The Morgan fingerprint density at radius 1 is 1.47 bits per heavy atom. The van der Waals surface area contributed by atoms with Crippen molar-refractivity contribution in [2.75, 3.05) is 34.4 Å². The largest absolute Gasteiger partial charge is 0.384 e. The molecule has 1 N–H and O–H groups in total. The average Bonchev–Trinajstić information content (AvgIpc) is 3.05. The zero-order chi connectivity index (χ0) is 12.9. The van der Waals surface area contributed by atoms with E-state index in [0.29, 0.717) is 12.6 Å². The van der Waals surface area contributed by atoms with Crippen LogP contribution in [-0.2, 0) is 9.53 Å². The highest BCUT2D eigenvalue weighted by molar-refractivity contribution is 5.85. The molecule has 0 heterocycles. The van der Waals surface area contributed by atoms with E-state index < -0.39 is 0 Å². The SMILES string of the molecule is CCCC(CNC(=O)C1(COC)CC1)N(C)C. The highest BCUT2D eigenvalue weighted by Gasteiger charge is 2.49. The van der Waals surface area contributed by atoms with Gasteiger partial charge in [0.25, 0.3) is 0 Å². The number of hydrogen-bond acceptors (Lipinski definition) is 3. The minimum Gasteiger partial charge on any atom is -0.384 e. The Labute approximate surface area is 105 Å². The molecule has 1 amide bonds. The maximum absolute atomic E-state index is 12.0. The molecule has 1 rings (SSSR count). The molecular formula is C13H26N2O2. The van der Waals surface area contributed by atoms with E-state index in [2.05, 4.69) is 31.2 Å². The smallest absolute Gasteiger partial charge is 0.228 e. The third-order valence-electron chi connectivity index (χ3n) is 3.61. The maximum Gasteiger partial charge on any atom is 0.228 e. The molecule has 1 unspecified atom stereocenters. The van der Waals surface area contributed by atoms with Gasteiger partial charge in [-0.2, -0.15) is 0 Å². The van der Waals surface area contributed by atoms with Gasteiger partial charge in [-0.25, -0.2) is 0 Å². The molecule has 0 aromatic heterocycles. The predicted molar refractivity (Wildman–Crippen MR) is 68.9 cm³/mol. The van der Waals surface area contributed by atoms with Gasteiger partial charge in [0.2, 0.25) is 5.91 Å². The average molecular weight is 242 g/mol. The molecule has 1 aliphatic carbocycles. The summed E-state index contributed by atoms with van der Waals surface area (Å²) >= 11 is 0. The predicted octanol–water partition coefficient (Wildman–Crippen LogP) is 1.26. The van der Waals surface area contributed by atoms with Crippen LogP contribution in [-0.4, -0.2) is 51.2 Å². The molecule has 1 fully saturated rings. The summed E-state index contributed by atoms with van der Waals surface area (Å²) in [6.07, 6.45) is 4.19. The normalized spacial score (nSPS) is 19.1. The van der Waals surface area contributed by atoms with Crippen LogP contribution in [0.4, 0.5) is 0 Å². The van der Waals surface area contributed by atoms with Crippen molar-refractivity contribution in [3.05, 3.63) is 0 Å². The summed E-state index contributed by atoms with van der Waals surface area (Å²) in [5.41, 5.74) is -0.210. The number of nitrogens with one attached hydrogen (secondary N) is 1. The zero-order valence-electron chi connectivity index (χ0n) is 11.6. The Hall–Kier alpha value is -0.610. The van der Waals surface area contributed by atoms with Crippen molar-refractivity contribution < 1.29 is 9.53 Å². The van der Waals surface area contributed by atoms with Gasteiger partial charge in [-0.15, -0.1) is 0 Å². The first-order chi connectivity index (χ1) is 8.05. The van der Waals surface area contributed by atoms with E-state index in [1.807, 2.05) is 0 Å². The van der Waals surface area contributed by atoms with Crippen molar-refractivity contribution >= 4 is 5.91 Å². The highest BCUT2D eigenvalue weighted by atomic mass is 16.5. The van der Waals surface area contributed by atoms with Gasteiger partial charge in [0.05, 0.1) is 12.0 Å². The van der Waals surface area contributed by atoms with Gasteiger partial charge in [-0.05, 0) is 33.4 Å².